The van der Waals surface area contributed by atoms with Crippen molar-refractivity contribution in [2.24, 2.45) is 0 Å². The van der Waals surface area contributed by atoms with E-state index in [9.17, 15) is 9.18 Å². The van der Waals surface area contributed by atoms with Crippen LogP contribution in [-0.4, -0.2) is 28.9 Å². The monoisotopic (exact) mass is 292 g/mol. The summed E-state index contributed by atoms with van der Waals surface area (Å²) in [7, 11) is 0. The Bertz CT molecular complexity index is 557. The molecule has 0 aliphatic rings. The second-order valence-electron chi connectivity index (χ2n) is 4.55. The van der Waals surface area contributed by atoms with Crippen LogP contribution in [0.4, 0.5) is 4.39 Å². The first kappa shape index (κ1) is 14.7. The molecule has 0 unspecified atom stereocenters. The number of benzene rings is 1. The molecule has 0 aliphatic heterocycles. The fourth-order valence-corrected chi connectivity index (χ4v) is 2.55. The van der Waals surface area contributed by atoms with E-state index >= 15 is 0 Å². The van der Waals surface area contributed by atoms with Crippen molar-refractivity contribution < 1.29 is 9.18 Å². The van der Waals surface area contributed by atoms with Crippen LogP contribution in [0, 0.1) is 5.82 Å². The Morgan fingerprint density at radius 3 is 2.90 bits per heavy atom. The van der Waals surface area contributed by atoms with Gasteiger partial charge in [-0.25, -0.2) is 9.37 Å². The van der Waals surface area contributed by atoms with Gasteiger partial charge >= 0.3 is 0 Å². The summed E-state index contributed by atoms with van der Waals surface area (Å²) in [5.74, 6) is -0.292. The van der Waals surface area contributed by atoms with Crippen molar-refractivity contribution in [1.29, 1.82) is 0 Å². The summed E-state index contributed by atoms with van der Waals surface area (Å²) in [6, 6.07) is 6.50. The van der Waals surface area contributed by atoms with Crippen LogP contribution in [-0.2, 0) is 6.42 Å². The van der Waals surface area contributed by atoms with Gasteiger partial charge in [0.15, 0.2) is 0 Å². The van der Waals surface area contributed by atoms with E-state index in [2.05, 4.69) is 4.98 Å². The number of nitrogens with zero attached hydrogens (tertiary/aromatic N) is 2. The maximum Gasteiger partial charge on any atom is 0.273 e. The topological polar surface area (TPSA) is 33.2 Å². The molecule has 1 amide bonds. The Kier molecular flexibility index (Phi) is 5.24. The van der Waals surface area contributed by atoms with Crippen LogP contribution in [0.5, 0.6) is 0 Å². The fraction of sp³-hybridized carbons (Fsp3) is 0.333. The van der Waals surface area contributed by atoms with Gasteiger partial charge in [0.2, 0.25) is 0 Å². The molecule has 106 valence electrons. The molecule has 0 saturated heterocycles. The molecule has 1 aromatic carbocycles. The summed E-state index contributed by atoms with van der Waals surface area (Å²) in [4.78, 5) is 18.1. The Hall–Kier alpha value is -1.75. The van der Waals surface area contributed by atoms with E-state index in [0.717, 1.165) is 12.0 Å². The Labute approximate surface area is 122 Å². The first-order chi connectivity index (χ1) is 9.70. The summed E-state index contributed by atoms with van der Waals surface area (Å²) < 4.78 is 13.1. The van der Waals surface area contributed by atoms with Gasteiger partial charge < -0.3 is 4.90 Å². The van der Waals surface area contributed by atoms with Gasteiger partial charge in [-0.15, -0.1) is 11.3 Å². The number of thiazole rings is 1. The Morgan fingerprint density at radius 2 is 2.25 bits per heavy atom. The smallest absolute Gasteiger partial charge is 0.273 e. The zero-order valence-corrected chi connectivity index (χ0v) is 12.2. The maximum absolute atomic E-state index is 13.1. The van der Waals surface area contributed by atoms with Gasteiger partial charge in [0.05, 0.1) is 5.51 Å². The predicted octanol–water partition coefficient (Wildman–Crippen LogP) is 3.38. The van der Waals surface area contributed by atoms with E-state index in [1.807, 2.05) is 13.0 Å². The molecule has 0 bridgehead atoms. The van der Waals surface area contributed by atoms with Crippen LogP contribution >= 0.6 is 11.3 Å². The summed E-state index contributed by atoms with van der Waals surface area (Å²) >= 11 is 1.41. The second-order valence-corrected chi connectivity index (χ2v) is 5.26. The fourth-order valence-electron chi connectivity index (χ4n) is 2.02. The van der Waals surface area contributed by atoms with E-state index in [1.165, 1.54) is 23.5 Å². The molecule has 0 aliphatic carbocycles. The van der Waals surface area contributed by atoms with Crippen molar-refractivity contribution >= 4 is 17.2 Å². The number of aromatic nitrogens is 1. The summed E-state index contributed by atoms with van der Waals surface area (Å²) in [6.07, 6.45) is 1.53. The molecule has 1 heterocycles. The van der Waals surface area contributed by atoms with Gasteiger partial charge in [-0.2, -0.15) is 0 Å². The number of hydrogen-bond donors (Lipinski definition) is 0. The average Bonchev–Trinajstić information content (AvgIpc) is 2.97. The van der Waals surface area contributed by atoms with Crippen molar-refractivity contribution in [3.63, 3.8) is 0 Å². The predicted molar refractivity (Wildman–Crippen MR) is 78.4 cm³/mol. The standard InChI is InChI=1S/C15H17FN2OS/c1-2-7-18(15(19)14-10-20-11-17-14)8-6-12-4-3-5-13(16)9-12/h3-5,9-11H,2,6-8H2,1H3. The maximum atomic E-state index is 13.1. The first-order valence-corrected chi connectivity index (χ1v) is 7.57. The van der Waals surface area contributed by atoms with Crippen molar-refractivity contribution in [3.8, 4) is 0 Å². The van der Waals surface area contributed by atoms with Crippen LogP contribution in [0.25, 0.3) is 0 Å². The number of amides is 1. The lowest BCUT2D eigenvalue weighted by Crippen LogP contribution is -2.33. The normalized spacial score (nSPS) is 10.5. The van der Waals surface area contributed by atoms with Gasteiger partial charge in [-0.1, -0.05) is 19.1 Å². The third-order valence-electron chi connectivity index (χ3n) is 2.99. The van der Waals surface area contributed by atoms with Crippen LogP contribution in [0.3, 0.4) is 0 Å². The average molecular weight is 292 g/mol. The molecular weight excluding hydrogens is 275 g/mol. The number of carbonyl (C=O) groups is 1. The molecule has 0 saturated carbocycles. The summed E-state index contributed by atoms with van der Waals surface area (Å²) in [5, 5.41) is 1.76. The van der Waals surface area contributed by atoms with Gasteiger partial charge in [0, 0.05) is 18.5 Å². The molecule has 0 spiro atoms. The number of hydrogen-bond acceptors (Lipinski definition) is 3. The van der Waals surface area contributed by atoms with Gasteiger partial charge in [-0.3, -0.25) is 4.79 Å². The molecule has 0 fully saturated rings. The number of rotatable bonds is 6. The van der Waals surface area contributed by atoms with Crippen molar-refractivity contribution in [2.45, 2.75) is 19.8 Å². The molecule has 1 aromatic heterocycles. The minimum absolute atomic E-state index is 0.0514. The van der Waals surface area contributed by atoms with Crippen molar-refractivity contribution in [1.82, 2.24) is 9.88 Å². The van der Waals surface area contributed by atoms with E-state index in [1.54, 1.807) is 21.9 Å². The number of halogens is 1. The third-order valence-corrected chi connectivity index (χ3v) is 3.58. The second kappa shape index (κ2) is 7.14. The van der Waals surface area contributed by atoms with Crippen LogP contribution < -0.4 is 0 Å². The first-order valence-electron chi connectivity index (χ1n) is 6.62. The lowest BCUT2D eigenvalue weighted by atomic mass is 10.1. The quantitative estimate of drug-likeness (QED) is 0.818. The molecule has 0 atom stereocenters. The molecule has 5 heteroatoms. The van der Waals surface area contributed by atoms with Crippen molar-refractivity contribution in [3.05, 3.63) is 52.2 Å². The number of carbonyl (C=O) groups excluding carboxylic acids is 1. The highest BCUT2D eigenvalue weighted by Crippen LogP contribution is 2.09. The van der Waals surface area contributed by atoms with E-state index < -0.39 is 0 Å². The highest BCUT2D eigenvalue weighted by atomic mass is 32.1. The molecule has 20 heavy (non-hydrogen) atoms. The minimum Gasteiger partial charge on any atom is -0.337 e. The van der Waals surface area contributed by atoms with Gasteiger partial charge in [-0.05, 0) is 30.5 Å². The highest BCUT2D eigenvalue weighted by molar-refractivity contribution is 7.07. The van der Waals surface area contributed by atoms with Crippen LogP contribution in [0.1, 0.15) is 29.4 Å². The molecule has 0 N–H and O–H groups in total. The SMILES string of the molecule is CCCN(CCc1cccc(F)c1)C(=O)c1cscn1. The van der Waals surface area contributed by atoms with E-state index in [4.69, 9.17) is 0 Å². The Morgan fingerprint density at radius 1 is 1.40 bits per heavy atom. The lowest BCUT2D eigenvalue weighted by molar-refractivity contribution is 0.0752. The van der Waals surface area contributed by atoms with Gasteiger partial charge in [0.1, 0.15) is 11.5 Å². The zero-order chi connectivity index (χ0) is 14.4. The third kappa shape index (κ3) is 3.87. The minimum atomic E-state index is -0.240. The largest absolute Gasteiger partial charge is 0.337 e. The van der Waals surface area contributed by atoms with E-state index in [-0.39, 0.29) is 11.7 Å². The summed E-state index contributed by atoms with van der Waals surface area (Å²) in [6.45, 7) is 3.29. The zero-order valence-electron chi connectivity index (χ0n) is 11.4. The lowest BCUT2D eigenvalue weighted by Gasteiger charge is -2.21. The van der Waals surface area contributed by atoms with Crippen molar-refractivity contribution in [2.75, 3.05) is 13.1 Å². The molecule has 0 radical (unpaired) electrons. The van der Waals surface area contributed by atoms with Gasteiger partial charge in [0.25, 0.3) is 5.91 Å². The summed E-state index contributed by atoms with van der Waals surface area (Å²) in [5.41, 5.74) is 3.05. The highest BCUT2D eigenvalue weighted by Gasteiger charge is 2.16. The van der Waals surface area contributed by atoms with Crippen LogP contribution in [0.15, 0.2) is 35.2 Å². The van der Waals surface area contributed by atoms with E-state index in [0.29, 0.717) is 25.2 Å². The Balaban J connectivity index is 2.01. The molecule has 2 aromatic rings. The molecule has 2 rings (SSSR count). The molecular formula is C15H17FN2OS. The molecule has 3 nitrogen and oxygen atoms in total. The van der Waals surface area contributed by atoms with Crippen LogP contribution in [0.2, 0.25) is 0 Å².